The van der Waals surface area contributed by atoms with Crippen LogP contribution in [-0.4, -0.2) is 21.1 Å². The third-order valence-corrected chi connectivity index (χ3v) is 2.81. The Balaban J connectivity index is 1.80. The number of nitrogens with one attached hydrogen (secondary N) is 2. The van der Waals surface area contributed by atoms with Gasteiger partial charge in [0.25, 0.3) is 5.91 Å². The lowest BCUT2D eigenvalue weighted by molar-refractivity contribution is 0.102. The highest BCUT2D eigenvalue weighted by molar-refractivity contribution is 6.03. The Bertz CT molecular complexity index is 606. The molecule has 1 aromatic carbocycles. The van der Waals surface area contributed by atoms with E-state index in [4.69, 9.17) is 4.74 Å². The van der Waals surface area contributed by atoms with Crippen molar-refractivity contribution < 1.29 is 9.53 Å². The summed E-state index contributed by atoms with van der Waals surface area (Å²) in [6.45, 7) is 2.96. The predicted molar refractivity (Wildman–Crippen MR) is 64.0 cm³/mol. The van der Waals surface area contributed by atoms with Crippen LogP contribution in [0.3, 0.4) is 0 Å². The molecular formula is C12H12N4O2. The second kappa shape index (κ2) is 4.23. The van der Waals surface area contributed by atoms with Crippen LogP contribution in [0.2, 0.25) is 0 Å². The van der Waals surface area contributed by atoms with Gasteiger partial charge in [-0.25, -0.2) is 0 Å². The Hall–Kier alpha value is -2.21. The van der Waals surface area contributed by atoms with Gasteiger partial charge in [-0.3, -0.25) is 15.2 Å². The van der Waals surface area contributed by atoms with Gasteiger partial charge in [-0.1, -0.05) is 6.07 Å². The number of fused-ring (bicyclic) bond motifs is 1. The summed E-state index contributed by atoms with van der Waals surface area (Å²) in [5.41, 5.74) is 2.79. The number of ether oxygens (including phenoxy) is 1. The number of amides is 1. The molecule has 1 amide bonds. The van der Waals surface area contributed by atoms with Gasteiger partial charge in [-0.05, 0) is 30.2 Å². The second-order valence-corrected chi connectivity index (χ2v) is 4.17. The van der Waals surface area contributed by atoms with Gasteiger partial charge < -0.3 is 4.74 Å². The van der Waals surface area contributed by atoms with Crippen molar-refractivity contribution in [3.05, 3.63) is 40.7 Å². The highest BCUT2D eigenvalue weighted by atomic mass is 16.5. The van der Waals surface area contributed by atoms with Crippen LogP contribution in [0.25, 0.3) is 0 Å². The molecule has 0 aliphatic carbocycles. The fraction of sp³-hybridized carbons (Fsp3) is 0.250. The molecule has 0 fully saturated rings. The first-order chi connectivity index (χ1) is 8.72. The number of anilines is 1. The third kappa shape index (κ3) is 1.98. The summed E-state index contributed by atoms with van der Waals surface area (Å²) < 4.78 is 5.31. The van der Waals surface area contributed by atoms with Gasteiger partial charge in [0.1, 0.15) is 5.82 Å². The van der Waals surface area contributed by atoms with Crippen molar-refractivity contribution in [1.29, 1.82) is 0 Å². The number of carbonyl (C=O) groups excluding carboxylic acids is 1. The zero-order valence-corrected chi connectivity index (χ0v) is 9.86. The number of aryl methyl sites for hydroxylation is 1. The number of aromatic amines is 1. The normalized spacial score (nSPS) is 13.4. The molecule has 0 unspecified atom stereocenters. The maximum absolute atomic E-state index is 12.0. The number of hydrogen-bond donors (Lipinski definition) is 2. The molecule has 6 nitrogen and oxygen atoms in total. The highest BCUT2D eigenvalue weighted by Gasteiger charge is 2.15. The van der Waals surface area contributed by atoms with Gasteiger partial charge in [0.2, 0.25) is 5.95 Å². The molecule has 2 aromatic rings. The molecule has 0 radical (unpaired) electrons. The molecule has 2 heterocycles. The zero-order chi connectivity index (χ0) is 12.5. The monoisotopic (exact) mass is 244 g/mol. The maximum Gasteiger partial charge on any atom is 0.258 e. The molecule has 92 valence electrons. The van der Waals surface area contributed by atoms with Crippen molar-refractivity contribution in [1.82, 2.24) is 15.2 Å². The molecule has 1 aliphatic heterocycles. The Kier molecular flexibility index (Phi) is 2.56. The standard InChI is InChI=1S/C12H12N4O2/c1-7-13-12(16-15-7)14-11(17)8-2-3-9-5-18-6-10(9)4-8/h2-4H,5-6H2,1H3,(H2,13,14,15,16,17). The van der Waals surface area contributed by atoms with Crippen molar-refractivity contribution in [3.8, 4) is 0 Å². The first-order valence-electron chi connectivity index (χ1n) is 5.62. The fourth-order valence-corrected chi connectivity index (χ4v) is 1.89. The molecule has 18 heavy (non-hydrogen) atoms. The summed E-state index contributed by atoms with van der Waals surface area (Å²) in [4.78, 5) is 16.0. The SMILES string of the molecule is Cc1nc(NC(=O)c2ccc3c(c2)COC3)n[nH]1. The van der Waals surface area contributed by atoms with E-state index >= 15 is 0 Å². The quantitative estimate of drug-likeness (QED) is 0.836. The summed E-state index contributed by atoms with van der Waals surface area (Å²) in [5.74, 6) is 0.727. The number of aromatic nitrogens is 3. The Labute approximate surface area is 103 Å². The summed E-state index contributed by atoms with van der Waals surface area (Å²) in [7, 11) is 0. The van der Waals surface area contributed by atoms with Crippen molar-refractivity contribution in [3.63, 3.8) is 0 Å². The Morgan fingerprint density at radius 1 is 1.39 bits per heavy atom. The lowest BCUT2D eigenvalue weighted by atomic mass is 10.1. The van der Waals surface area contributed by atoms with Crippen LogP contribution in [0.15, 0.2) is 18.2 Å². The fourth-order valence-electron chi connectivity index (χ4n) is 1.89. The molecule has 2 N–H and O–H groups in total. The molecule has 0 bridgehead atoms. The van der Waals surface area contributed by atoms with Crippen LogP contribution in [0.1, 0.15) is 27.3 Å². The molecule has 0 atom stereocenters. The van der Waals surface area contributed by atoms with Gasteiger partial charge in [-0.2, -0.15) is 4.98 Å². The van der Waals surface area contributed by atoms with Crippen LogP contribution in [0.4, 0.5) is 5.95 Å². The Morgan fingerprint density at radius 3 is 3.00 bits per heavy atom. The molecule has 1 aliphatic rings. The molecule has 0 spiro atoms. The van der Waals surface area contributed by atoms with E-state index in [2.05, 4.69) is 20.5 Å². The van der Waals surface area contributed by atoms with Crippen LogP contribution < -0.4 is 5.32 Å². The number of H-pyrrole nitrogens is 1. The van der Waals surface area contributed by atoms with Gasteiger partial charge in [0.15, 0.2) is 0 Å². The van der Waals surface area contributed by atoms with E-state index in [1.807, 2.05) is 12.1 Å². The van der Waals surface area contributed by atoms with Gasteiger partial charge in [0.05, 0.1) is 13.2 Å². The minimum Gasteiger partial charge on any atom is -0.372 e. The average molecular weight is 244 g/mol. The van der Waals surface area contributed by atoms with Crippen LogP contribution in [-0.2, 0) is 18.0 Å². The smallest absolute Gasteiger partial charge is 0.258 e. The number of hydrogen-bond acceptors (Lipinski definition) is 4. The molecular weight excluding hydrogens is 232 g/mol. The second-order valence-electron chi connectivity index (χ2n) is 4.17. The van der Waals surface area contributed by atoms with Crippen molar-refractivity contribution in [2.75, 3.05) is 5.32 Å². The summed E-state index contributed by atoms with van der Waals surface area (Å²) in [6, 6.07) is 5.54. The predicted octanol–water partition coefficient (Wildman–Crippen LogP) is 1.40. The van der Waals surface area contributed by atoms with Crippen LogP contribution in [0, 0.1) is 6.92 Å². The van der Waals surface area contributed by atoms with Crippen LogP contribution >= 0.6 is 0 Å². The molecule has 0 saturated carbocycles. The van der Waals surface area contributed by atoms with E-state index in [9.17, 15) is 4.79 Å². The molecule has 0 saturated heterocycles. The Morgan fingerprint density at radius 2 is 2.22 bits per heavy atom. The number of carbonyl (C=O) groups is 1. The molecule has 6 heteroatoms. The minimum atomic E-state index is -0.219. The van der Waals surface area contributed by atoms with E-state index in [0.29, 0.717) is 24.6 Å². The lowest BCUT2D eigenvalue weighted by Crippen LogP contribution is -2.13. The van der Waals surface area contributed by atoms with E-state index in [-0.39, 0.29) is 11.9 Å². The number of rotatable bonds is 2. The van der Waals surface area contributed by atoms with Gasteiger partial charge in [0, 0.05) is 5.56 Å². The summed E-state index contributed by atoms with van der Waals surface area (Å²) in [5, 5.41) is 9.17. The van der Waals surface area contributed by atoms with E-state index in [1.54, 1.807) is 13.0 Å². The highest BCUT2D eigenvalue weighted by Crippen LogP contribution is 2.21. The van der Waals surface area contributed by atoms with Crippen molar-refractivity contribution >= 4 is 11.9 Å². The van der Waals surface area contributed by atoms with Gasteiger partial charge in [-0.15, -0.1) is 5.10 Å². The first kappa shape index (κ1) is 10.9. The van der Waals surface area contributed by atoms with E-state index < -0.39 is 0 Å². The van der Waals surface area contributed by atoms with E-state index in [1.165, 1.54) is 0 Å². The van der Waals surface area contributed by atoms with Crippen molar-refractivity contribution in [2.45, 2.75) is 20.1 Å². The number of nitrogens with zero attached hydrogens (tertiary/aromatic N) is 2. The minimum absolute atomic E-state index is 0.219. The number of benzene rings is 1. The topological polar surface area (TPSA) is 79.9 Å². The average Bonchev–Trinajstić information content (AvgIpc) is 2.96. The zero-order valence-electron chi connectivity index (χ0n) is 9.86. The maximum atomic E-state index is 12.0. The van der Waals surface area contributed by atoms with Crippen molar-refractivity contribution in [2.24, 2.45) is 0 Å². The molecule has 1 aromatic heterocycles. The van der Waals surface area contributed by atoms with Gasteiger partial charge >= 0.3 is 0 Å². The summed E-state index contributed by atoms with van der Waals surface area (Å²) in [6.07, 6.45) is 0. The largest absolute Gasteiger partial charge is 0.372 e. The van der Waals surface area contributed by atoms with E-state index in [0.717, 1.165) is 11.1 Å². The first-order valence-corrected chi connectivity index (χ1v) is 5.62. The summed E-state index contributed by atoms with van der Waals surface area (Å²) >= 11 is 0. The third-order valence-electron chi connectivity index (χ3n) is 2.81. The lowest BCUT2D eigenvalue weighted by Gasteiger charge is -2.03. The molecule has 3 rings (SSSR count). The van der Waals surface area contributed by atoms with Crippen LogP contribution in [0.5, 0.6) is 0 Å².